The molecule has 3 fully saturated rings. The molecule has 1 unspecified atom stereocenters. The van der Waals surface area contributed by atoms with Crippen LogP contribution in [0.15, 0.2) is 0 Å². The second-order valence-corrected chi connectivity index (χ2v) is 8.07. The second-order valence-electron chi connectivity index (χ2n) is 8.07. The normalized spacial score (nSPS) is 24.4. The number of nitrogens with zero attached hydrogens (tertiary/aromatic N) is 4. The number of hydrogen-bond donors (Lipinski definition) is 0. The zero-order chi connectivity index (χ0) is 19.9. The molecule has 0 aliphatic carbocycles. The van der Waals surface area contributed by atoms with Gasteiger partial charge in [-0.15, -0.1) is 0 Å². The Hall–Kier alpha value is -1.67. The Bertz CT molecular complexity index is 556. The Balaban J connectivity index is 1.38. The number of piperazine rings is 1. The van der Waals surface area contributed by atoms with Crippen LogP contribution in [-0.2, 0) is 19.1 Å². The maximum absolute atomic E-state index is 12.7. The van der Waals surface area contributed by atoms with Gasteiger partial charge in [0.05, 0.1) is 25.6 Å². The highest BCUT2D eigenvalue weighted by atomic mass is 16.5. The van der Waals surface area contributed by atoms with Gasteiger partial charge in [0, 0.05) is 52.4 Å². The number of rotatable bonds is 6. The Kier molecular flexibility index (Phi) is 7.67. The van der Waals surface area contributed by atoms with Crippen LogP contribution >= 0.6 is 0 Å². The van der Waals surface area contributed by atoms with Crippen molar-refractivity contribution in [1.29, 1.82) is 0 Å². The van der Waals surface area contributed by atoms with Crippen molar-refractivity contribution in [2.24, 2.45) is 5.92 Å². The molecule has 3 heterocycles. The van der Waals surface area contributed by atoms with E-state index in [2.05, 4.69) is 9.80 Å². The lowest BCUT2D eigenvalue weighted by Crippen LogP contribution is -2.53. The highest BCUT2D eigenvalue weighted by Gasteiger charge is 2.30. The highest BCUT2D eigenvalue weighted by molar-refractivity contribution is 5.80. The molecule has 0 bridgehead atoms. The van der Waals surface area contributed by atoms with Crippen LogP contribution in [0.4, 0.5) is 0 Å². The van der Waals surface area contributed by atoms with Gasteiger partial charge in [-0.3, -0.25) is 24.2 Å². The summed E-state index contributed by atoms with van der Waals surface area (Å²) in [6.45, 7) is 9.31. The molecule has 1 atom stereocenters. The number of carbonyl (C=O) groups is 3. The van der Waals surface area contributed by atoms with Gasteiger partial charge in [0.25, 0.3) is 0 Å². The van der Waals surface area contributed by atoms with Gasteiger partial charge in [-0.05, 0) is 32.6 Å². The number of carbonyl (C=O) groups excluding carboxylic acids is 3. The number of piperidine rings is 1. The van der Waals surface area contributed by atoms with Crippen LogP contribution in [0.3, 0.4) is 0 Å². The van der Waals surface area contributed by atoms with E-state index in [0.717, 1.165) is 71.5 Å². The first-order valence-electron chi connectivity index (χ1n) is 10.7. The molecule has 0 saturated carbocycles. The molecule has 0 N–H and O–H groups in total. The molecular weight excluding hydrogens is 360 g/mol. The first kappa shape index (κ1) is 21.0. The van der Waals surface area contributed by atoms with Gasteiger partial charge in [-0.1, -0.05) is 0 Å². The minimum atomic E-state index is -0.189. The van der Waals surface area contributed by atoms with Crippen LogP contribution in [0.5, 0.6) is 0 Å². The number of ether oxygens (including phenoxy) is 1. The molecule has 0 aromatic carbocycles. The fraction of sp³-hybridized carbons (Fsp3) is 0.850. The van der Waals surface area contributed by atoms with Crippen LogP contribution < -0.4 is 0 Å². The summed E-state index contributed by atoms with van der Waals surface area (Å²) in [5.74, 6) is -0.0432. The predicted molar refractivity (Wildman–Crippen MR) is 105 cm³/mol. The Labute approximate surface area is 167 Å². The summed E-state index contributed by atoms with van der Waals surface area (Å²) in [5.41, 5.74) is 0. The smallest absolute Gasteiger partial charge is 0.310 e. The first-order chi connectivity index (χ1) is 13.6. The topological polar surface area (TPSA) is 73.4 Å². The molecule has 0 aromatic rings. The van der Waals surface area contributed by atoms with E-state index < -0.39 is 0 Å². The van der Waals surface area contributed by atoms with Crippen molar-refractivity contribution >= 4 is 17.8 Å². The van der Waals surface area contributed by atoms with Crippen molar-refractivity contribution in [2.45, 2.75) is 32.6 Å². The number of esters is 1. The summed E-state index contributed by atoms with van der Waals surface area (Å²) in [4.78, 5) is 45.1. The third kappa shape index (κ3) is 5.67. The third-order valence-corrected chi connectivity index (χ3v) is 6.04. The van der Waals surface area contributed by atoms with Crippen LogP contribution in [0.25, 0.3) is 0 Å². The zero-order valence-corrected chi connectivity index (χ0v) is 17.1. The molecule has 2 amide bonds. The molecule has 28 heavy (non-hydrogen) atoms. The third-order valence-electron chi connectivity index (χ3n) is 6.04. The standard InChI is InChI=1S/C20H34N4O4/c1-2-28-20(27)17-6-5-9-24(14-17)19(26)16-22-12-10-21(11-13-22)15-18(25)23-7-3-4-8-23/h17H,2-16H2,1H3. The molecular formula is C20H34N4O4. The van der Waals surface area contributed by atoms with Crippen LogP contribution in [0.2, 0.25) is 0 Å². The molecule has 0 radical (unpaired) electrons. The van der Waals surface area contributed by atoms with Gasteiger partial charge in [0.1, 0.15) is 0 Å². The van der Waals surface area contributed by atoms with Gasteiger partial charge in [0.2, 0.25) is 11.8 Å². The van der Waals surface area contributed by atoms with Crippen molar-refractivity contribution in [3.05, 3.63) is 0 Å². The number of likely N-dealkylation sites (tertiary alicyclic amines) is 2. The largest absolute Gasteiger partial charge is 0.466 e. The molecule has 0 aromatic heterocycles. The molecule has 158 valence electrons. The van der Waals surface area contributed by atoms with Gasteiger partial charge >= 0.3 is 5.97 Å². The summed E-state index contributed by atoms with van der Waals surface area (Å²) >= 11 is 0. The molecule has 3 saturated heterocycles. The summed E-state index contributed by atoms with van der Waals surface area (Å²) in [6, 6.07) is 0. The maximum atomic E-state index is 12.7. The summed E-state index contributed by atoms with van der Waals surface area (Å²) in [6.07, 6.45) is 3.89. The lowest BCUT2D eigenvalue weighted by atomic mass is 9.98. The average Bonchev–Trinajstić information content (AvgIpc) is 3.25. The molecule has 8 nitrogen and oxygen atoms in total. The first-order valence-corrected chi connectivity index (χ1v) is 10.7. The van der Waals surface area contributed by atoms with E-state index in [1.54, 1.807) is 0 Å². The van der Waals surface area contributed by atoms with Gasteiger partial charge in [0.15, 0.2) is 0 Å². The Morgan fingerprint density at radius 1 is 0.786 bits per heavy atom. The minimum Gasteiger partial charge on any atom is -0.466 e. The van der Waals surface area contributed by atoms with E-state index in [4.69, 9.17) is 4.74 Å². The van der Waals surface area contributed by atoms with Crippen molar-refractivity contribution in [1.82, 2.24) is 19.6 Å². The van der Waals surface area contributed by atoms with E-state index in [0.29, 0.717) is 26.2 Å². The van der Waals surface area contributed by atoms with Gasteiger partial charge < -0.3 is 14.5 Å². The average molecular weight is 395 g/mol. The molecule has 3 aliphatic heterocycles. The van der Waals surface area contributed by atoms with Crippen molar-refractivity contribution in [3.63, 3.8) is 0 Å². The maximum Gasteiger partial charge on any atom is 0.310 e. The summed E-state index contributed by atoms with van der Waals surface area (Å²) < 4.78 is 5.12. The fourth-order valence-corrected chi connectivity index (χ4v) is 4.31. The van der Waals surface area contributed by atoms with Crippen molar-refractivity contribution in [3.8, 4) is 0 Å². The quantitative estimate of drug-likeness (QED) is 0.592. The predicted octanol–water partition coefficient (Wildman–Crippen LogP) is 0.0281. The van der Waals surface area contributed by atoms with Crippen molar-refractivity contribution < 1.29 is 19.1 Å². The number of hydrogen-bond acceptors (Lipinski definition) is 6. The minimum absolute atomic E-state index is 0.0931. The highest BCUT2D eigenvalue weighted by Crippen LogP contribution is 2.18. The fourth-order valence-electron chi connectivity index (χ4n) is 4.31. The van der Waals surface area contributed by atoms with E-state index in [1.807, 2.05) is 16.7 Å². The van der Waals surface area contributed by atoms with Crippen molar-refractivity contribution in [2.75, 3.05) is 72.1 Å². The summed E-state index contributed by atoms with van der Waals surface area (Å²) in [7, 11) is 0. The Morgan fingerprint density at radius 2 is 1.32 bits per heavy atom. The Morgan fingerprint density at radius 3 is 1.89 bits per heavy atom. The SMILES string of the molecule is CCOC(=O)C1CCCN(C(=O)CN2CCN(CC(=O)N3CCCC3)CC2)C1. The van der Waals surface area contributed by atoms with E-state index in [9.17, 15) is 14.4 Å². The van der Waals surface area contributed by atoms with Crippen LogP contribution in [0.1, 0.15) is 32.6 Å². The van der Waals surface area contributed by atoms with Crippen LogP contribution in [-0.4, -0.2) is 109 Å². The molecule has 8 heteroatoms. The zero-order valence-electron chi connectivity index (χ0n) is 17.1. The van der Waals surface area contributed by atoms with Gasteiger partial charge in [-0.2, -0.15) is 0 Å². The van der Waals surface area contributed by atoms with E-state index in [1.165, 1.54) is 0 Å². The number of amides is 2. The lowest BCUT2D eigenvalue weighted by molar-refractivity contribution is -0.151. The lowest BCUT2D eigenvalue weighted by Gasteiger charge is -2.37. The molecule has 3 rings (SSSR count). The van der Waals surface area contributed by atoms with Gasteiger partial charge in [-0.25, -0.2) is 0 Å². The van der Waals surface area contributed by atoms with E-state index in [-0.39, 0.29) is 23.7 Å². The van der Waals surface area contributed by atoms with Crippen LogP contribution in [0, 0.1) is 5.92 Å². The monoisotopic (exact) mass is 394 g/mol. The van der Waals surface area contributed by atoms with E-state index >= 15 is 0 Å². The molecule has 3 aliphatic rings. The molecule has 0 spiro atoms. The summed E-state index contributed by atoms with van der Waals surface area (Å²) in [5, 5.41) is 0. The second kappa shape index (κ2) is 10.2.